The maximum absolute atomic E-state index is 11.2. The van der Waals surface area contributed by atoms with Crippen molar-refractivity contribution in [2.75, 3.05) is 44.7 Å². The van der Waals surface area contributed by atoms with Crippen LogP contribution in [0.2, 0.25) is 0 Å². The lowest BCUT2D eigenvalue weighted by molar-refractivity contribution is 0.255. The fraction of sp³-hybridized carbons (Fsp3) is 0.706. The van der Waals surface area contributed by atoms with Crippen molar-refractivity contribution in [3.05, 3.63) is 22.4 Å². The predicted molar refractivity (Wildman–Crippen MR) is 122 cm³/mol. The third-order valence-electron chi connectivity index (χ3n) is 4.20. The first-order valence-electron chi connectivity index (χ1n) is 8.97. The Morgan fingerprint density at radius 1 is 1.35 bits per heavy atom. The molecule has 150 valence electrons. The lowest BCUT2D eigenvalue weighted by Gasteiger charge is -2.25. The van der Waals surface area contributed by atoms with E-state index < -0.39 is 9.84 Å². The molecule has 0 amide bonds. The van der Waals surface area contributed by atoms with Crippen LogP contribution in [0.3, 0.4) is 0 Å². The van der Waals surface area contributed by atoms with Crippen molar-refractivity contribution in [2.24, 2.45) is 4.99 Å². The largest absolute Gasteiger partial charge is 0.357 e. The standard InChI is InChI=1S/C17H30N4O2S2.HI/c1-3-18-17(19-9-7-13-25(2,22)23)20-14-15(16-8-6-12-24-16)21-10-4-5-11-21;/h6,8,12,15H,3-5,7,9-11,13-14H2,1-2H3,(H2,18,19,20);1H. The summed E-state index contributed by atoms with van der Waals surface area (Å²) < 4.78 is 22.4. The quantitative estimate of drug-likeness (QED) is 0.229. The minimum absolute atomic E-state index is 0. The Morgan fingerprint density at radius 3 is 2.65 bits per heavy atom. The molecule has 0 saturated carbocycles. The van der Waals surface area contributed by atoms with E-state index in [1.165, 1.54) is 24.0 Å². The number of hydrogen-bond donors (Lipinski definition) is 2. The van der Waals surface area contributed by atoms with E-state index in [0.717, 1.165) is 25.6 Å². The molecule has 2 N–H and O–H groups in total. The van der Waals surface area contributed by atoms with Crippen LogP contribution in [0.15, 0.2) is 22.5 Å². The lowest BCUT2D eigenvalue weighted by Crippen LogP contribution is -2.39. The normalized spacial score (nSPS) is 16.9. The zero-order chi connectivity index (χ0) is 18.1. The van der Waals surface area contributed by atoms with Gasteiger partial charge in [-0.2, -0.15) is 0 Å². The summed E-state index contributed by atoms with van der Waals surface area (Å²) in [6.45, 7) is 6.40. The van der Waals surface area contributed by atoms with Gasteiger partial charge in [0.25, 0.3) is 0 Å². The maximum Gasteiger partial charge on any atom is 0.191 e. The molecule has 1 unspecified atom stereocenters. The highest BCUT2D eigenvalue weighted by Gasteiger charge is 2.24. The second-order valence-electron chi connectivity index (χ2n) is 6.40. The molecule has 26 heavy (non-hydrogen) atoms. The number of rotatable bonds is 9. The third-order valence-corrected chi connectivity index (χ3v) is 6.21. The van der Waals surface area contributed by atoms with Gasteiger partial charge in [0.15, 0.2) is 5.96 Å². The van der Waals surface area contributed by atoms with Crippen molar-refractivity contribution in [1.82, 2.24) is 15.5 Å². The molecule has 0 aromatic carbocycles. The van der Waals surface area contributed by atoms with Crippen molar-refractivity contribution < 1.29 is 8.42 Å². The van der Waals surface area contributed by atoms with Crippen LogP contribution in [-0.4, -0.2) is 64.0 Å². The molecule has 1 aliphatic rings. The Hall–Kier alpha value is -0.390. The Bertz CT molecular complexity index is 629. The first-order chi connectivity index (χ1) is 12.0. The van der Waals surface area contributed by atoms with E-state index in [4.69, 9.17) is 4.99 Å². The van der Waals surface area contributed by atoms with Crippen LogP contribution in [0.25, 0.3) is 0 Å². The van der Waals surface area contributed by atoms with E-state index in [9.17, 15) is 8.42 Å². The van der Waals surface area contributed by atoms with Gasteiger partial charge < -0.3 is 10.6 Å². The zero-order valence-corrected chi connectivity index (χ0v) is 19.6. The van der Waals surface area contributed by atoms with Crippen molar-refractivity contribution in [2.45, 2.75) is 32.2 Å². The number of thiophene rings is 1. The van der Waals surface area contributed by atoms with Crippen LogP contribution in [0.5, 0.6) is 0 Å². The van der Waals surface area contributed by atoms with Crippen LogP contribution < -0.4 is 10.6 Å². The van der Waals surface area contributed by atoms with Gasteiger partial charge in [-0.05, 0) is 50.7 Å². The van der Waals surface area contributed by atoms with Gasteiger partial charge in [-0.25, -0.2) is 8.42 Å². The van der Waals surface area contributed by atoms with Crippen LogP contribution in [0.1, 0.15) is 37.1 Å². The molecule has 0 spiro atoms. The van der Waals surface area contributed by atoms with Gasteiger partial charge >= 0.3 is 0 Å². The summed E-state index contributed by atoms with van der Waals surface area (Å²) in [5.74, 6) is 0.960. The van der Waals surface area contributed by atoms with Gasteiger partial charge in [-0.15, -0.1) is 35.3 Å². The molecule has 1 fully saturated rings. The molecule has 6 nitrogen and oxygen atoms in total. The maximum atomic E-state index is 11.2. The number of nitrogens with zero attached hydrogens (tertiary/aromatic N) is 2. The molecule has 2 rings (SSSR count). The number of sulfone groups is 1. The van der Waals surface area contributed by atoms with Gasteiger partial charge in [0.05, 0.1) is 18.3 Å². The number of hydrogen-bond acceptors (Lipinski definition) is 5. The minimum atomic E-state index is -2.91. The van der Waals surface area contributed by atoms with E-state index >= 15 is 0 Å². The average molecular weight is 514 g/mol. The average Bonchev–Trinajstić information content (AvgIpc) is 3.24. The number of halogens is 1. The number of aliphatic imine (C=N–C) groups is 1. The highest BCUT2D eigenvalue weighted by molar-refractivity contribution is 14.0. The lowest BCUT2D eigenvalue weighted by atomic mass is 10.2. The molecule has 2 heterocycles. The Morgan fingerprint density at radius 2 is 2.08 bits per heavy atom. The van der Waals surface area contributed by atoms with Crippen molar-refractivity contribution in [3.63, 3.8) is 0 Å². The van der Waals surface area contributed by atoms with E-state index in [-0.39, 0.29) is 29.7 Å². The van der Waals surface area contributed by atoms with Crippen LogP contribution in [-0.2, 0) is 9.84 Å². The Kier molecular flexibility index (Phi) is 11.0. The van der Waals surface area contributed by atoms with Crippen LogP contribution >= 0.6 is 35.3 Å². The molecule has 0 bridgehead atoms. The fourth-order valence-electron chi connectivity index (χ4n) is 2.98. The summed E-state index contributed by atoms with van der Waals surface area (Å²) in [7, 11) is -2.91. The summed E-state index contributed by atoms with van der Waals surface area (Å²) in [4.78, 5) is 8.63. The molecular formula is C17H31IN4O2S2. The number of nitrogens with one attached hydrogen (secondary N) is 2. The summed E-state index contributed by atoms with van der Waals surface area (Å²) >= 11 is 1.79. The van der Waals surface area contributed by atoms with E-state index in [2.05, 4.69) is 33.0 Å². The molecule has 0 radical (unpaired) electrons. The fourth-order valence-corrected chi connectivity index (χ4v) is 4.50. The van der Waals surface area contributed by atoms with Gasteiger partial charge in [0.1, 0.15) is 9.84 Å². The molecule has 1 atom stereocenters. The SMILES string of the molecule is CCNC(=NCC(c1cccs1)N1CCCC1)NCCCS(C)(=O)=O.I. The molecule has 9 heteroatoms. The summed E-state index contributed by atoms with van der Waals surface area (Å²) in [5.41, 5.74) is 0. The minimum Gasteiger partial charge on any atom is -0.357 e. The predicted octanol–water partition coefficient (Wildman–Crippen LogP) is 2.49. The van der Waals surface area contributed by atoms with Crippen molar-refractivity contribution in [3.8, 4) is 0 Å². The van der Waals surface area contributed by atoms with Crippen molar-refractivity contribution >= 4 is 51.1 Å². The molecular weight excluding hydrogens is 483 g/mol. The molecule has 1 saturated heterocycles. The van der Waals surface area contributed by atoms with E-state index in [1.807, 2.05) is 6.92 Å². The van der Waals surface area contributed by atoms with Gasteiger partial charge in [0, 0.05) is 24.2 Å². The molecule has 1 aliphatic heterocycles. The highest BCUT2D eigenvalue weighted by Crippen LogP contribution is 2.28. The zero-order valence-electron chi connectivity index (χ0n) is 15.6. The van der Waals surface area contributed by atoms with E-state index in [0.29, 0.717) is 25.6 Å². The van der Waals surface area contributed by atoms with Gasteiger partial charge in [0.2, 0.25) is 0 Å². The molecule has 0 aliphatic carbocycles. The number of guanidine groups is 1. The first kappa shape index (κ1) is 23.6. The second-order valence-corrected chi connectivity index (χ2v) is 9.64. The second kappa shape index (κ2) is 12.1. The van der Waals surface area contributed by atoms with E-state index in [1.54, 1.807) is 11.3 Å². The van der Waals surface area contributed by atoms with Crippen LogP contribution in [0.4, 0.5) is 0 Å². The smallest absolute Gasteiger partial charge is 0.191 e. The summed E-state index contributed by atoms with van der Waals surface area (Å²) in [5, 5.41) is 8.61. The topological polar surface area (TPSA) is 73.8 Å². The van der Waals surface area contributed by atoms with Crippen molar-refractivity contribution in [1.29, 1.82) is 0 Å². The molecule has 1 aromatic rings. The first-order valence-corrected chi connectivity index (χ1v) is 11.9. The molecule has 1 aromatic heterocycles. The monoisotopic (exact) mass is 514 g/mol. The Balaban J connectivity index is 0.00000338. The third kappa shape index (κ3) is 8.53. The van der Waals surface area contributed by atoms with Gasteiger partial charge in [-0.3, -0.25) is 9.89 Å². The van der Waals surface area contributed by atoms with Gasteiger partial charge in [-0.1, -0.05) is 6.07 Å². The summed E-state index contributed by atoms with van der Waals surface area (Å²) in [6, 6.07) is 4.62. The van der Waals surface area contributed by atoms with Crippen LogP contribution in [0, 0.1) is 0 Å². The highest BCUT2D eigenvalue weighted by atomic mass is 127. The Labute approximate surface area is 178 Å². The summed E-state index contributed by atoms with van der Waals surface area (Å²) in [6.07, 6.45) is 4.38. The number of likely N-dealkylation sites (tertiary alicyclic amines) is 1.